The third-order valence-corrected chi connectivity index (χ3v) is 4.85. The predicted octanol–water partition coefficient (Wildman–Crippen LogP) is 2.66. The van der Waals surface area contributed by atoms with E-state index in [4.69, 9.17) is 10.5 Å². The van der Waals surface area contributed by atoms with E-state index in [1.807, 2.05) is 11.3 Å². The van der Waals surface area contributed by atoms with Crippen LogP contribution in [0.1, 0.15) is 41.7 Å². The summed E-state index contributed by atoms with van der Waals surface area (Å²) in [5.74, 6) is 1.53. The van der Waals surface area contributed by atoms with Crippen molar-refractivity contribution in [2.45, 2.75) is 31.3 Å². The van der Waals surface area contributed by atoms with Gasteiger partial charge in [0.1, 0.15) is 6.10 Å². The van der Waals surface area contributed by atoms with Gasteiger partial charge in [-0.3, -0.25) is 0 Å². The molecule has 2 unspecified atom stereocenters. The second kappa shape index (κ2) is 3.89. The Kier molecular flexibility index (Phi) is 2.54. The fraction of sp³-hybridized carbons (Fsp3) is 0.667. The molecule has 1 fully saturated rings. The lowest BCUT2D eigenvalue weighted by Crippen LogP contribution is -2.31. The monoisotopic (exact) mass is 223 g/mol. The van der Waals surface area contributed by atoms with Gasteiger partial charge in [-0.1, -0.05) is 6.42 Å². The van der Waals surface area contributed by atoms with Crippen LogP contribution >= 0.6 is 11.3 Å². The number of fused-ring (bicyclic) bond motifs is 1. The topological polar surface area (TPSA) is 35.2 Å². The van der Waals surface area contributed by atoms with Gasteiger partial charge in [0, 0.05) is 17.3 Å². The first-order chi connectivity index (χ1) is 7.40. The number of hydrogen-bond donors (Lipinski definition) is 1. The molecule has 2 nitrogen and oxygen atoms in total. The first-order valence-corrected chi connectivity index (χ1v) is 6.67. The first kappa shape index (κ1) is 9.82. The molecule has 2 heterocycles. The van der Waals surface area contributed by atoms with Gasteiger partial charge in [0.15, 0.2) is 0 Å². The Labute approximate surface area is 94.4 Å². The summed E-state index contributed by atoms with van der Waals surface area (Å²) in [4.78, 5) is 1.39. The summed E-state index contributed by atoms with van der Waals surface area (Å²) in [6.45, 7) is 1.50. The Morgan fingerprint density at radius 1 is 1.47 bits per heavy atom. The minimum Gasteiger partial charge on any atom is -0.371 e. The standard InChI is InChI=1S/C12H17NOS/c13-6-11-12-9(4-5-15-12)10(7-14-11)8-2-1-3-8/h4-5,8,10-11H,1-3,6-7,13H2. The zero-order valence-corrected chi connectivity index (χ0v) is 9.63. The number of rotatable bonds is 2. The smallest absolute Gasteiger partial charge is 0.104 e. The van der Waals surface area contributed by atoms with E-state index in [0.29, 0.717) is 12.5 Å². The normalized spacial score (nSPS) is 31.0. The van der Waals surface area contributed by atoms with E-state index in [1.165, 1.54) is 29.7 Å². The van der Waals surface area contributed by atoms with Crippen molar-refractivity contribution in [3.05, 3.63) is 21.9 Å². The fourth-order valence-electron chi connectivity index (χ4n) is 2.69. The summed E-state index contributed by atoms with van der Waals surface area (Å²) < 4.78 is 5.87. The highest BCUT2D eigenvalue weighted by Crippen LogP contribution is 2.46. The van der Waals surface area contributed by atoms with Crippen LogP contribution in [0.2, 0.25) is 0 Å². The summed E-state index contributed by atoms with van der Waals surface area (Å²) in [6.07, 6.45) is 4.34. The molecule has 1 saturated carbocycles. The third-order valence-electron chi connectivity index (χ3n) is 3.83. The second-order valence-electron chi connectivity index (χ2n) is 4.60. The van der Waals surface area contributed by atoms with Crippen LogP contribution in [0.4, 0.5) is 0 Å². The lowest BCUT2D eigenvalue weighted by molar-refractivity contribution is 0.0150. The summed E-state index contributed by atoms with van der Waals surface area (Å²) in [6, 6.07) is 2.29. The predicted molar refractivity (Wildman–Crippen MR) is 62.1 cm³/mol. The molecular weight excluding hydrogens is 206 g/mol. The molecule has 82 valence electrons. The summed E-state index contributed by atoms with van der Waals surface area (Å²) in [5, 5.41) is 2.19. The molecule has 1 aliphatic carbocycles. The maximum atomic E-state index is 5.87. The van der Waals surface area contributed by atoms with Crippen LogP contribution in [0.3, 0.4) is 0 Å². The van der Waals surface area contributed by atoms with Crippen molar-refractivity contribution in [2.24, 2.45) is 11.7 Å². The Morgan fingerprint density at radius 2 is 2.33 bits per heavy atom. The number of hydrogen-bond acceptors (Lipinski definition) is 3. The van der Waals surface area contributed by atoms with Gasteiger partial charge in [0.2, 0.25) is 0 Å². The van der Waals surface area contributed by atoms with E-state index < -0.39 is 0 Å². The van der Waals surface area contributed by atoms with Crippen LogP contribution in [0.25, 0.3) is 0 Å². The Bertz CT molecular complexity index is 345. The molecule has 0 spiro atoms. The average molecular weight is 223 g/mol. The Hall–Kier alpha value is -0.380. The molecule has 0 saturated heterocycles. The van der Waals surface area contributed by atoms with Crippen molar-refractivity contribution < 1.29 is 4.74 Å². The second-order valence-corrected chi connectivity index (χ2v) is 5.54. The minimum absolute atomic E-state index is 0.163. The van der Waals surface area contributed by atoms with Crippen molar-refractivity contribution in [1.82, 2.24) is 0 Å². The van der Waals surface area contributed by atoms with Crippen molar-refractivity contribution in [3.63, 3.8) is 0 Å². The molecule has 1 aliphatic heterocycles. The van der Waals surface area contributed by atoms with Crippen molar-refractivity contribution in [2.75, 3.05) is 13.2 Å². The highest BCUT2D eigenvalue weighted by Gasteiger charge is 2.35. The lowest BCUT2D eigenvalue weighted by atomic mass is 9.72. The summed E-state index contributed by atoms with van der Waals surface area (Å²) in [5.41, 5.74) is 7.26. The molecule has 0 aromatic carbocycles. The first-order valence-electron chi connectivity index (χ1n) is 5.79. The summed E-state index contributed by atoms with van der Waals surface area (Å²) >= 11 is 1.81. The van der Waals surface area contributed by atoms with E-state index in [2.05, 4.69) is 11.4 Å². The quantitative estimate of drug-likeness (QED) is 0.836. The maximum Gasteiger partial charge on any atom is 0.104 e. The molecule has 1 aromatic heterocycles. The molecule has 3 rings (SSSR count). The number of nitrogens with two attached hydrogens (primary N) is 1. The van der Waals surface area contributed by atoms with Gasteiger partial charge in [0.25, 0.3) is 0 Å². The van der Waals surface area contributed by atoms with Crippen LogP contribution in [-0.2, 0) is 4.74 Å². The van der Waals surface area contributed by atoms with Crippen LogP contribution in [-0.4, -0.2) is 13.2 Å². The van der Waals surface area contributed by atoms with E-state index in [0.717, 1.165) is 12.5 Å². The lowest BCUT2D eigenvalue weighted by Gasteiger charge is -2.38. The highest BCUT2D eigenvalue weighted by atomic mass is 32.1. The van der Waals surface area contributed by atoms with Gasteiger partial charge < -0.3 is 10.5 Å². The highest BCUT2D eigenvalue weighted by molar-refractivity contribution is 7.10. The van der Waals surface area contributed by atoms with Crippen LogP contribution in [0, 0.1) is 5.92 Å². The van der Waals surface area contributed by atoms with E-state index in [9.17, 15) is 0 Å². The van der Waals surface area contributed by atoms with E-state index in [1.54, 1.807) is 0 Å². The fourth-order valence-corrected chi connectivity index (χ4v) is 3.72. The van der Waals surface area contributed by atoms with Crippen molar-refractivity contribution in [1.29, 1.82) is 0 Å². The molecule has 0 bridgehead atoms. The Morgan fingerprint density at radius 3 is 3.00 bits per heavy atom. The van der Waals surface area contributed by atoms with Crippen molar-refractivity contribution >= 4 is 11.3 Å². The van der Waals surface area contributed by atoms with E-state index in [-0.39, 0.29) is 6.10 Å². The molecule has 3 heteroatoms. The number of thiophene rings is 1. The summed E-state index contributed by atoms with van der Waals surface area (Å²) in [7, 11) is 0. The van der Waals surface area contributed by atoms with Gasteiger partial charge in [-0.05, 0) is 35.8 Å². The average Bonchev–Trinajstić information content (AvgIpc) is 2.64. The maximum absolute atomic E-state index is 5.87. The molecule has 2 atom stereocenters. The molecule has 2 N–H and O–H groups in total. The van der Waals surface area contributed by atoms with Crippen molar-refractivity contribution in [3.8, 4) is 0 Å². The van der Waals surface area contributed by atoms with Gasteiger partial charge in [-0.15, -0.1) is 11.3 Å². The zero-order valence-electron chi connectivity index (χ0n) is 8.82. The largest absolute Gasteiger partial charge is 0.371 e. The van der Waals surface area contributed by atoms with Crippen LogP contribution in [0.15, 0.2) is 11.4 Å². The van der Waals surface area contributed by atoms with Gasteiger partial charge in [0.05, 0.1) is 6.61 Å². The zero-order chi connectivity index (χ0) is 10.3. The molecule has 2 aliphatic rings. The van der Waals surface area contributed by atoms with Gasteiger partial charge in [-0.2, -0.15) is 0 Å². The minimum atomic E-state index is 0.163. The van der Waals surface area contributed by atoms with Gasteiger partial charge in [-0.25, -0.2) is 0 Å². The molecule has 0 amide bonds. The molecule has 1 aromatic rings. The molecule has 15 heavy (non-hydrogen) atoms. The van der Waals surface area contributed by atoms with Crippen LogP contribution in [0.5, 0.6) is 0 Å². The molecule has 0 radical (unpaired) electrons. The van der Waals surface area contributed by atoms with Gasteiger partial charge >= 0.3 is 0 Å². The third kappa shape index (κ3) is 1.53. The SMILES string of the molecule is NCC1OCC(C2CCC2)c2ccsc21. The molecular formula is C12H17NOS. The van der Waals surface area contributed by atoms with E-state index >= 15 is 0 Å². The van der Waals surface area contributed by atoms with Crippen LogP contribution < -0.4 is 5.73 Å². The Balaban J connectivity index is 1.89. The number of ether oxygens (including phenoxy) is 1.